The molecule has 0 aliphatic carbocycles. The van der Waals surface area contributed by atoms with E-state index >= 15 is 0 Å². The van der Waals surface area contributed by atoms with Crippen molar-refractivity contribution in [2.45, 2.75) is 6.54 Å². The number of nitrogens with one attached hydrogen (secondary N) is 4. The molecule has 104 valence electrons. The molecule has 4 N–H and O–H groups in total. The second-order valence-electron chi connectivity index (χ2n) is 3.88. The van der Waals surface area contributed by atoms with Gasteiger partial charge in [0.05, 0.1) is 13.1 Å². The largest absolute Gasteiger partial charge is 0.347 e. The van der Waals surface area contributed by atoms with Gasteiger partial charge in [0.15, 0.2) is 0 Å². The summed E-state index contributed by atoms with van der Waals surface area (Å²) < 4.78 is 0. The predicted octanol–water partition coefficient (Wildman–Crippen LogP) is 0.243. The average Bonchev–Trinajstić information content (AvgIpc) is 2.97. The van der Waals surface area contributed by atoms with Crippen LogP contribution in [0.5, 0.6) is 0 Å². The molecule has 0 atom stereocenters. The van der Waals surface area contributed by atoms with E-state index in [4.69, 9.17) is 0 Å². The minimum absolute atomic E-state index is 0.118. The van der Waals surface area contributed by atoms with Crippen LogP contribution >= 0.6 is 0 Å². The molecule has 0 saturated heterocycles. The van der Waals surface area contributed by atoms with Crippen LogP contribution in [0.25, 0.3) is 0 Å². The number of H-pyrrole nitrogens is 1. The van der Waals surface area contributed by atoms with Crippen molar-refractivity contribution in [3.63, 3.8) is 0 Å². The molecule has 1 heterocycles. The molecule has 8 nitrogen and oxygen atoms in total. The molecule has 0 fully saturated rings. The summed E-state index contributed by atoms with van der Waals surface area (Å²) >= 11 is 0. The van der Waals surface area contributed by atoms with E-state index in [0.29, 0.717) is 11.5 Å². The van der Waals surface area contributed by atoms with Gasteiger partial charge in [-0.15, -0.1) is 0 Å². The second-order valence-corrected chi connectivity index (χ2v) is 3.88. The van der Waals surface area contributed by atoms with Crippen LogP contribution in [0.4, 0.5) is 10.5 Å². The van der Waals surface area contributed by atoms with Gasteiger partial charge in [0.1, 0.15) is 12.2 Å². The molecule has 0 aliphatic heterocycles. The molecule has 1 aromatic heterocycles. The number of aromatic nitrogens is 3. The van der Waals surface area contributed by atoms with Gasteiger partial charge in [0.2, 0.25) is 5.91 Å². The summed E-state index contributed by atoms with van der Waals surface area (Å²) in [6.45, 7) is 0.119. The standard InChI is InChI=1S/C12H14N6O2/c19-11(13-6-10-15-8-16-18-10)7-14-12(20)17-9-4-2-1-3-5-9/h1-5,8H,6-7H2,(H,13,19)(H2,14,17,20)(H,15,16,18). The predicted molar refractivity (Wildman–Crippen MR) is 71.7 cm³/mol. The summed E-state index contributed by atoms with van der Waals surface area (Å²) in [5, 5.41) is 13.9. The fourth-order valence-corrected chi connectivity index (χ4v) is 1.42. The lowest BCUT2D eigenvalue weighted by molar-refractivity contribution is -0.120. The fraction of sp³-hybridized carbons (Fsp3) is 0.167. The Hall–Kier alpha value is -2.90. The first-order valence-electron chi connectivity index (χ1n) is 5.95. The summed E-state index contributed by atoms with van der Waals surface area (Å²) in [4.78, 5) is 26.9. The number of urea groups is 1. The summed E-state index contributed by atoms with van der Waals surface area (Å²) in [7, 11) is 0. The van der Waals surface area contributed by atoms with Crippen molar-refractivity contribution in [2.75, 3.05) is 11.9 Å². The van der Waals surface area contributed by atoms with E-state index in [9.17, 15) is 9.59 Å². The normalized spacial score (nSPS) is 9.80. The quantitative estimate of drug-likeness (QED) is 0.625. The third kappa shape index (κ3) is 4.41. The minimum atomic E-state index is -0.439. The Morgan fingerprint density at radius 2 is 1.95 bits per heavy atom. The molecule has 0 bridgehead atoms. The topological polar surface area (TPSA) is 112 Å². The molecular weight excluding hydrogens is 260 g/mol. The SMILES string of the molecule is O=C(CNC(=O)Nc1ccccc1)NCc1ncn[nH]1. The van der Waals surface area contributed by atoms with Crippen molar-refractivity contribution in [1.82, 2.24) is 25.8 Å². The van der Waals surface area contributed by atoms with Crippen LogP contribution in [-0.2, 0) is 11.3 Å². The van der Waals surface area contributed by atoms with Crippen molar-refractivity contribution < 1.29 is 9.59 Å². The van der Waals surface area contributed by atoms with E-state index in [0.717, 1.165) is 0 Å². The number of aromatic amines is 1. The van der Waals surface area contributed by atoms with Crippen molar-refractivity contribution in [3.8, 4) is 0 Å². The number of anilines is 1. The van der Waals surface area contributed by atoms with Gasteiger partial charge in [-0.1, -0.05) is 18.2 Å². The first-order chi connectivity index (χ1) is 9.74. The molecule has 1 aromatic carbocycles. The summed E-state index contributed by atoms with van der Waals surface area (Å²) in [5.41, 5.74) is 0.659. The zero-order chi connectivity index (χ0) is 14.2. The Labute approximate surface area is 115 Å². The van der Waals surface area contributed by atoms with Gasteiger partial charge in [-0.3, -0.25) is 9.89 Å². The van der Waals surface area contributed by atoms with E-state index in [1.807, 2.05) is 6.07 Å². The lowest BCUT2D eigenvalue weighted by atomic mass is 10.3. The van der Waals surface area contributed by atoms with E-state index < -0.39 is 6.03 Å². The Morgan fingerprint density at radius 3 is 2.65 bits per heavy atom. The molecular formula is C12H14N6O2. The van der Waals surface area contributed by atoms with Gasteiger partial charge in [-0.05, 0) is 12.1 Å². The van der Waals surface area contributed by atoms with E-state index in [2.05, 4.69) is 31.1 Å². The maximum absolute atomic E-state index is 11.5. The van der Waals surface area contributed by atoms with E-state index in [1.54, 1.807) is 24.3 Å². The number of nitrogens with zero attached hydrogens (tertiary/aromatic N) is 2. The molecule has 20 heavy (non-hydrogen) atoms. The zero-order valence-electron chi connectivity index (χ0n) is 10.6. The molecule has 0 saturated carbocycles. The molecule has 0 unspecified atom stereocenters. The van der Waals surface area contributed by atoms with Crippen LogP contribution in [0.2, 0.25) is 0 Å². The maximum atomic E-state index is 11.5. The van der Waals surface area contributed by atoms with Crippen LogP contribution < -0.4 is 16.0 Å². The average molecular weight is 274 g/mol. The summed E-state index contributed by atoms with van der Waals surface area (Å²) in [6, 6.07) is 8.53. The Morgan fingerprint density at radius 1 is 1.15 bits per heavy atom. The smallest absolute Gasteiger partial charge is 0.319 e. The number of hydrogen-bond donors (Lipinski definition) is 4. The van der Waals surface area contributed by atoms with Crippen molar-refractivity contribution >= 4 is 17.6 Å². The number of carbonyl (C=O) groups is 2. The van der Waals surface area contributed by atoms with Crippen LogP contribution in [0.1, 0.15) is 5.82 Å². The molecule has 0 aliphatic rings. The highest BCUT2D eigenvalue weighted by molar-refractivity contribution is 5.92. The second kappa shape index (κ2) is 6.88. The molecule has 8 heteroatoms. The Kier molecular flexibility index (Phi) is 4.65. The first kappa shape index (κ1) is 13.5. The van der Waals surface area contributed by atoms with E-state index in [-0.39, 0.29) is 19.0 Å². The van der Waals surface area contributed by atoms with Gasteiger partial charge in [0, 0.05) is 5.69 Å². The number of rotatable bonds is 5. The van der Waals surface area contributed by atoms with Crippen molar-refractivity contribution in [2.24, 2.45) is 0 Å². The first-order valence-corrected chi connectivity index (χ1v) is 5.95. The highest BCUT2D eigenvalue weighted by Crippen LogP contribution is 2.03. The zero-order valence-corrected chi connectivity index (χ0v) is 10.6. The summed E-state index contributed by atoms with van der Waals surface area (Å²) in [6.07, 6.45) is 1.35. The molecule has 2 aromatic rings. The highest BCUT2D eigenvalue weighted by atomic mass is 16.2. The number of para-hydroxylation sites is 1. The Balaban J connectivity index is 1.66. The van der Waals surface area contributed by atoms with E-state index in [1.165, 1.54) is 6.33 Å². The maximum Gasteiger partial charge on any atom is 0.319 e. The van der Waals surface area contributed by atoms with Gasteiger partial charge < -0.3 is 16.0 Å². The number of amides is 3. The third-order valence-electron chi connectivity index (χ3n) is 2.36. The molecule has 3 amide bonds. The lowest BCUT2D eigenvalue weighted by Gasteiger charge is -2.07. The third-order valence-corrected chi connectivity index (χ3v) is 2.36. The lowest BCUT2D eigenvalue weighted by Crippen LogP contribution is -2.38. The molecule has 0 spiro atoms. The van der Waals surface area contributed by atoms with Crippen molar-refractivity contribution in [1.29, 1.82) is 0 Å². The Bertz CT molecular complexity index is 555. The number of hydrogen-bond acceptors (Lipinski definition) is 4. The van der Waals surface area contributed by atoms with Gasteiger partial charge in [-0.25, -0.2) is 9.78 Å². The molecule has 0 radical (unpaired) electrons. The van der Waals surface area contributed by atoms with Gasteiger partial charge >= 0.3 is 6.03 Å². The highest BCUT2D eigenvalue weighted by Gasteiger charge is 2.05. The van der Waals surface area contributed by atoms with Gasteiger partial charge in [0.25, 0.3) is 0 Å². The van der Waals surface area contributed by atoms with Crippen molar-refractivity contribution in [3.05, 3.63) is 42.5 Å². The van der Waals surface area contributed by atoms with Crippen LogP contribution in [-0.4, -0.2) is 33.7 Å². The number of carbonyl (C=O) groups excluding carboxylic acids is 2. The minimum Gasteiger partial charge on any atom is -0.347 e. The van der Waals surface area contributed by atoms with Crippen LogP contribution in [0.3, 0.4) is 0 Å². The summed E-state index contributed by atoms with van der Waals surface area (Å²) in [5.74, 6) is 0.233. The fourth-order valence-electron chi connectivity index (χ4n) is 1.42. The monoisotopic (exact) mass is 274 g/mol. The van der Waals surface area contributed by atoms with Crippen LogP contribution in [0, 0.1) is 0 Å². The number of benzene rings is 1. The van der Waals surface area contributed by atoms with Gasteiger partial charge in [-0.2, -0.15) is 5.10 Å². The molecule has 2 rings (SSSR count). The van der Waals surface area contributed by atoms with Crippen LogP contribution in [0.15, 0.2) is 36.7 Å².